The summed E-state index contributed by atoms with van der Waals surface area (Å²) in [6, 6.07) is 12.1. The van der Waals surface area contributed by atoms with E-state index >= 15 is 0 Å². The van der Waals surface area contributed by atoms with Crippen LogP contribution in [0.4, 0.5) is 11.6 Å². The molecule has 166 valence electrons. The van der Waals surface area contributed by atoms with Gasteiger partial charge in [-0.25, -0.2) is 4.68 Å². The zero-order valence-corrected chi connectivity index (χ0v) is 17.7. The third-order valence-electron chi connectivity index (χ3n) is 4.86. The second kappa shape index (κ2) is 9.38. The number of carbonyl (C=O) groups excluding carboxylic acids is 2. The Morgan fingerprint density at radius 1 is 1.22 bits per heavy atom. The van der Waals surface area contributed by atoms with Crippen molar-refractivity contribution < 1.29 is 23.8 Å². The van der Waals surface area contributed by atoms with Crippen LogP contribution in [0.1, 0.15) is 24.9 Å². The Labute approximate surface area is 184 Å². The number of amides is 2. The fourth-order valence-corrected chi connectivity index (χ4v) is 3.43. The zero-order valence-electron chi connectivity index (χ0n) is 17.7. The van der Waals surface area contributed by atoms with Crippen LogP contribution in [-0.2, 0) is 9.59 Å². The van der Waals surface area contributed by atoms with Gasteiger partial charge < -0.3 is 19.5 Å². The number of nitrogens with zero attached hydrogens (tertiary/aromatic N) is 3. The molecule has 0 fully saturated rings. The van der Waals surface area contributed by atoms with Crippen LogP contribution in [0.5, 0.6) is 17.2 Å². The van der Waals surface area contributed by atoms with Crippen molar-refractivity contribution >= 4 is 23.5 Å². The fraction of sp³-hybridized carbons (Fsp3) is 0.273. The lowest BCUT2D eigenvalue weighted by Crippen LogP contribution is -2.29. The van der Waals surface area contributed by atoms with E-state index in [1.807, 2.05) is 13.0 Å². The summed E-state index contributed by atoms with van der Waals surface area (Å²) >= 11 is 0. The lowest BCUT2D eigenvalue weighted by Gasteiger charge is -2.24. The minimum Gasteiger partial charge on any atom is -0.497 e. The van der Waals surface area contributed by atoms with Crippen LogP contribution in [0.2, 0.25) is 0 Å². The zero-order chi connectivity index (χ0) is 22.5. The highest BCUT2D eigenvalue weighted by atomic mass is 16.5. The van der Waals surface area contributed by atoms with Crippen molar-refractivity contribution in [2.24, 2.45) is 0 Å². The van der Waals surface area contributed by atoms with Crippen molar-refractivity contribution in [3.8, 4) is 17.2 Å². The number of fused-ring (bicyclic) bond motifs is 1. The van der Waals surface area contributed by atoms with Crippen molar-refractivity contribution in [2.45, 2.75) is 19.4 Å². The molecule has 32 heavy (non-hydrogen) atoms. The van der Waals surface area contributed by atoms with Crippen molar-refractivity contribution in [3.05, 3.63) is 54.4 Å². The minimum absolute atomic E-state index is 0.136. The Morgan fingerprint density at radius 2 is 2.09 bits per heavy atom. The SMILES string of the molecule is CCOc1cc(C2CC(=O)Nc3ncnn32)ccc1OCC(=O)Nc1cccc(OC)c1. The number of benzene rings is 2. The minimum atomic E-state index is -0.319. The fourth-order valence-electron chi connectivity index (χ4n) is 3.43. The van der Waals surface area contributed by atoms with Gasteiger partial charge >= 0.3 is 0 Å². The van der Waals surface area contributed by atoms with E-state index in [2.05, 4.69) is 20.7 Å². The number of nitrogens with one attached hydrogen (secondary N) is 2. The smallest absolute Gasteiger partial charge is 0.262 e. The molecule has 0 bridgehead atoms. The van der Waals surface area contributed by atoms with Crippen molar-refractivity contribution in [3.63, 3.8) is 0 Å². The van der Waals surface area contributed by atoms with E-state index in [0.29, 0.717) is 35.5 Å². The lowest BCUT2D eigenvalue weighted by atomic mass is 10.0. The molecule has 3 aromatic rings. The molecule has 1 aliphatic rings. The molecular formula is C22H23N5O5. The van der Waals surface area contributed by atoms with Gasteiger partial charge in [-0.1, -0.05) is 12.1 Å². The molecule has 4 rings (SSSR count). The number of hydrogen-bond acceptors (Lipinski definition) is 7. The molecule has 10 heteroatoms. The number of anilines is 2. The van der Waals surface area contributed by atoms with Crippen molar-refractivity contribution in [2.75, 3.05) is 31.0 Å². The summed E-state index contributed by atoms with van der Waals surface area (Å²) in [7, 11) is 1.56. The molecule has 1 aromatic heterocycles. The first-order valence-electron chi connectivity index (χ1n) is 10.1. The molecule has 1 unspecified atom stereocenters. The first kappa shape index (κ1) is 21.2. The van der Waals surface area contributed by atoms with E-state index in [-0.39, 0.29) is 30.9 Å². The Morgan fingerprint density at radius 3 is 2.91 bits per heavy atom. The van der Waals surface area contributed by atoms with Gasteiger partial charge in [-0.2, -0.15) is 10.1 Å². The summed E-state index contributed by atoms with van der Waals surface area (Å²) in [5.41, 5.74) is 1.43. The molecule has 2 aromatic carbocycles. The van der Waals surface area contributed by atoms with Crippen LogP contribution >= 0.6 is 0 Å². The molecule has 0 radical (unpaired) electrons. The van der Waals surface area contributed by atoms with E-state index in [0.717, 1.165) is 5.56 Å². The molecule has 0 saturated carbocycles. The molecule has 2 N–H and O–H groups in total. The van der Waals surface area contributed by atoms with Gasteiger partial charge in [-0.15, -0.1) is 0 Å². The average Bonchev–Trinajstić information content (AvgIpc) is 3.26. The number of rotatable bonds is 8. The summed E-state index contributed by atoms with van der Waals surface area (Å²) in [5.74, 6) is 1.50. The highest BCUT2D eigenvalue weighted by Crippen LogP contribution is 2.35. The molecule has 2 amide bonds. The van der Waals surface area contributed by atoms with Gasteiger partial charge in [0.2, 0.25) is 11.9 Å². The maximum absolute atomic E-state index is 12.3. The topological polar surface area (TPSA) is 117 Å². The predicted molar refractivity (Wildman–Crippen MR) is 116 cm³/mol. The second-order valence-corrected chi connectivity index (χ2v) is 7.00. The first-order chi connectivity index (χ1) is 15.6. The Balaban J connectivity index is 1.48. The van der Waals surface area contributed by atoms with Gasteiger partial charge in [-0.05, 0) is 36.8 Å². The summed E-state index contributed by atoms with van der Waals surface area (Å²) < 4.78 is 18.3. The molecule has 0 aliphatic carbocycles. The molecule has 0 spiro atoms. The van der Waals surface area contributed by atoms with Crippen molar-refractivity contribution in [1.82, 2.24) is 14.8 Å². The lowest BCUT2D eigenvalue weighted by molar-refractivity contribution is -0.118. The van der Waals surface area contributed by atoms with Crippen LogP contribution in [-0.4, -0.2) is 46.9 Å². The quantitative estimate of drug-likeness (QED) is 0.556. The standard InChI is InChI=1S/C22H23N5O5/c1-3-31-19-9-14(17-11-20(28)26-22-23-13-24-27(17)22)7-8-18(19)32-12-21(29)25-15-5-4-6-16(10-15)30-2/h4-10,13,17H,3,11-12H2,1-2H3,(H,25,29)(H,23,24,26,28). The Bertz CT molecular complexity index is 1130. The number of aromatic nitrogens is 3. The van der Waals surface area contributed by atoms with Gasteiger partial charge in [0.1, 0.15) is 12.1 Å². The highest BCUT2D eigenvalue weighted by Gasteiger charge is 2.28. The van der Waals surface area contributed by atoms with Crippen LogP contribution in [0.3, 0.4) is 0 Å². The highest BCUT2D eigenvalue weighted by molar-refractivity contribution is 5.92. The number of hydrogen-bond donors (Lipinski definition) is 2. The predicted octanol–water partition coefficient (Wildman–Crippen LogP) is 2.63. The number of methoxy groups -OCH3 is 1. The monoisotopic (exact) mass is 437 g/mol. The molecule has 10 nitrogen and oxygen atoms in total. The van der Waals surface area contributed by atoms with Crippen LogP contribution < -0.4 is 24.8 Å². The van der Waals surface area contributed by atoms with Crippen LogP contribution in [0.15, 0.2) is 48.8 Å². The summed E-state index contributed by atoms with van der Waals surface area (Å²) in [4.78, 5) is 28.4. The van der Waals surface area contributed by atoms with E-state index in [1.165, 1.54) is 6.33 Å². The summed E-state index contributed by atoms with van der Waals surface area (Å²) in [6.45, 7) is 2.07. The second-order valence-electron chi connectivity index (χ2n) is 7.00. The maximum atomic E-state index is 12.3. The normalized spacial score (nSPS) is 14.8. The van der Waals surface area contributed by atoms with Crippen LogP contribution in [0.25, 0.3) is 0 Å². The van der Waals surface area contributed by atoms with E-state index in [9.17, 15) is 9.59 Å². The Hall–Kier alpha value is -4.08. The van der Waals surface area contributed by atoms with Crippen LogP contribution in [0, 0.1) is 0 Å². The van der Waals surface area contributed by atoms with Gasteiger partial charge in [-0.3, -0.25) is 14.9 Å². The van der Waals surface area contributed by atoms with E-state index in [4.69, 9.17) is 14.2 Å². The van der Waals surface area contributed by atoms with Gasteiger partial charge in [0.15, 0.2) is 18.1 Å². The molecule has 1 aliphatic heterocycles. The largest absolute Gasteiger partial charge is 0.497 e. The van der Waals surface area contributed by atoms with E-state index < -0.39 is 0 Å². The third-order valence-corrected chi connectivity index (χ3v) is 4.86. The van der Waals surface area contributed by atoms with Gasteiger partial charge in [0, 0.05) is 11.8 Å². The average molecular weight is 437 g/mol. The maximum Gasteiger partial charge on any atom is 0.262 e. The molecular weight excluding hydrogens is 414 g/mol. The van der Waals surface area contributed by atoms with Gasteiger partial charge in [0.25, 0.3) is 5.91 Å². The number of ether oxygens (including phenoxy) is 3. The molecule has 2 heterocycles. The Kier molecular flexibility index (Phi) is 6.20. The third kappa shape index (κ3) is 4.64. The number of carbonyl (C=O) groups is 2. The molecule has 1 atom stereocenters. The van der Waals surface area contributed by atoms with Crippen molar-refractivity contribution in [1.29, 1.82) is 0 Å². The van der Waals surface area contributed by atoms with E-state index in [1.54, 1.807) is 48.2 Å². The van der Waals surface area contributed by atoms with Gasteiger partial charge in [0.05, 0.1) is 26.2 Å². The first-order valence-corrected chi connectivity index (χ1v) is 10.1. The summed E-state index contributed by atoms with van der Waals surface area (Å²) in [6.07, 6.45) is 1.63. The summed E-state index contributed by atoms with van der Waals surface area (Å²) in [5, 5.41) is 9.68. The molecule has 0 saturated heterocycles.